The van der Waals surface area contributed by atoms with E-state index in [0.717, 1.165) is 30.1 Å². The van der Waals surface area contributed by atoms with Crippen molar-refractivity contribution in [1.29, 1.82) is 0 Å². The lowest BCUT2D eigenvalue weighted by Crippen LogP contribution is -2.17. The van der Waals surface area contributed by atoms with Crippen LogP contribution < -0.4 is 5.32 Å². The van der Waals surface area contributed by atoms with Crippen molar-refractivity contribution >= 4 is 45.9 Å². The van der Waals surface area contributed by atoms with Crippen LogP contribution in [0.5, 0.6) is 0 Å². The summed E-state index contributed by atoms with van der Waals surface area (Å²) in [4.78, 5) is 37.7. The molecule has 0 aliphatic rings. The number of carbonyl (C=O) groups excluding carboxylic acids is 3. The van der Waals surface area contributed by atoms with E-state index in [1.165, 1.54) is 11.8 Å². The number of esters is 2. The van der Waals surface area contributed by atoms with Gasteiger partial charge in [0.25, 0.3) is 0 Å². The van der Waals surface area contributed by atoms with Gasteiger partial charge < -0.3 is 19.4 Å². The molecule has 0 saturated carbocycles. The van der Waals surface area contributed by atoms with Crippen molar-refractivity contribution in [3.63, 3.8) is 0 Å². The molecule has 11 heteroatoms. The molecular formula is C21H30N4O5S2. The number of nitrogens with zero attached hydrogens (tertiary/aromatic N) is 3. The topological polar surface area (TPSA) is 112 Å². The molecule has 176 valence electrons. The number of hydrogen-bond acceptors (Lipinski definition) is 9. The summed E-state index contributed by atoms with van der Waals surface area (Å²) in [5.41, 5.74) is 0.605. The van der Waals surface area contributed by atoms with Gasteiger partial charge in [-0.3, -0.25) is 4.79 Å². The molecule has 2 aromatic rings. The fourth-order valence-electron chi connectivity index (χ4n) is 3.00. The minimum absolute atomic E-state index is 0.0773. The summed E-state index contributed by atoms with van der Waals surface area (Å²) < 4.78 is 12.2. The van der Waals surface area contributed by atoms with E-state index in [4.69, 9.17) is 9.47 Å². The maximum absolute atomic E-state index is 12.7. The van der Waals surface area contributed by atoms with Crippen molar-refractivity contribution in [1.82, 2.24) is 14.8 Å². The normalized spacial score (nSPS) is 11.0. The van der Waals surface area contributed by atoms with Crippen LogP contribution in [-0.2, 0) is 20.8 Å². The molecule has 2 rings (SSSR count). The highest BCUT2D eigenvalue weighted by molar-refractivity contribution is 7.99. The van der Waals surface area contributed by atoms with Gasteiger partial charge >= 0.3 is 11.9 Å². The van der Waals surface area contributed by atoms with Gasteiger partial charge in [-0.2, -0.15) is 0 Å². The van der Waals surface area contributed by atoms with Crippen molar-refractivity contribution in [3.8, 4) is 0 Å². The Labute approximate surface area is 196 Å². The van der Waals surface area contributed by atoms with E-state index in [-0.39, 0.29) is 46.2 Å². The van der Waals surface area contributed by atoms with Crippen molar-refractivity contribution < 1.29 is 23.9 Å². The van der Waals surface area contributed by atoms with Crippen LogP contribution in [0.25, 0.3) is 0 Å². The summed E-state index contributed by atoms with van der Waals surface area (Å²) in [6.45, 7) is 12.4. The smallest absolute Gasteiger partial charge is 0.348 e. The molecule has 0 spiro atoms. The van der Waals surface area contributed by atoms with Gasteiger partial charge in [-0.1, -0.05) is 32.5 Å². The largest absolute Gasteiger partial charge is 0.462 e. The summed E-state index contributed by atoms with van der Waals surface area (Å²) in [7, 11) is 0. The maximum atomic E-state index is 12.7. The van der Waals surface area contributed by atoms with Gasteiger partial charge in [-0.15, -0.1) is 21.5 Å². The Morgan fingerprint density at radius 1 is 1.09 bits per heavy atom. The van der Waals surface area contributed by atoms with Crippen LogP contribution in [0.2, 0.25) is 0 Å². The molecule has 0 bridgehead atoms. The van der Waals surface area contributed by atoms with Crippen molar-refractivity contribution in [2.75, 3.05) is 24.3 Å². The van der Waals surface area contributed by atoms with Gasteiger partial charge in [-0.05, 0) is 32.8 Å². The maximum Gasteiger partial charge on any atom is 0.348 e. The SMILES string of the molecule is CCCn1c(SCC(=O)Nc2sc(C(=O)OCC)c(C)c2C(=O)OCC)nnc1C(C)C. The number of anilines is 1. The Balaban J connectivity index is 2.21. The third kappa shape index (κ3) is 6.10. The number of rotatable bonds is 11. The molecule has 0 atom stereocenters. The zero-order valence-electron chi connectivity index (χ0n) is 19.3. The van der Waals surface area contributed by atoms with Crippen molar-refractivity contribution in [2.45, 2.75) is 65.6 Å². The van der Waals surface area contributed by atoms with Crippen molar-refractivity contribution in [3.05, 3.63) is 21.8 Å². The number of hydrogen-bond donors (Lipinski definition) is 1. The summed E-state index contributed by atoms with van der Waals surface area (Å²) in [5, 5.41) is 12.2. The summed E-state index contributed by atoms with van der Waals surface area (Å²) in [5.74, 6) is -0.275. The van der Waals surface area contributed by atoms with E-state index in [9.17, 15) is 14.4 Å². The molecule has 1 amide bonds. The average Bonchev–Trinajstić information content (AvgIpc) is 3.28. The number of carbonyl (C=O) groups is 3. The molecule has 0 fully saturated rings. The summed E-state index contributed by atoms with van der Waals surface area (Å²) >= 11 is 2.28. The number of aromatic nitrogens is 3. The molecule has 0 aromatic carbocycles. The molecule has 32 heavy (non-hydrogen) atoms. The molecule has 0 aliphatic heterocycles. The van der Waals surface area contributed by atoms with Crippen LogP contribution in [0.4, 0.5) is 5.00 Å². The zero-order valence-corrected chi connectivity index (χ0v) is 20.9. The number of nitrogens with one attached hydrogen (secondary N) is 1. The summed E-state index contributed by atoms with van der Waals surface area (Å²) in [6, 6.07) is 0. The van der Waals surface area contributed by atoms with E-state index in [1.54, 1.807) is 20.8 Å². The Morgan fingerprint density at radius 3 is 2.34 bits per heavy atom. The lowest BCUT2D eigenvalue weighted by Gasteiger charge is -2.11. The zero-order chi connectivity index (χ0) is 23.8. The lowest BCUT2D eigenvalue weighted by atomic mass is 10.1. The number of thiophene rings is 1. The molecule has 0 unspecified atom stereocenters. The van der Waals surface area contributed by atoms with Gasteiger partial charge in [0.15, 0.2) is 5.16 Å². The van der Waals surface area contributed by atoms with Gasteiger partial charge in [0, 0.05) is 12.5 Å². The fourth-order valence-corrected chi connectivity index (χ4v) is 4.88. The highest BCUT2D eigenvalue weighted by Crippen LogP contribution is 2.34. The molecule has 9 nitrogen and oxygen atoms in total. The summed E-state index contributed by atoms with van der Waals surface area (Å²) in [6.07, 6.45) is 0.922. The number of amides is 1. The average molecular weight is 483 g/mol. The first-order valence-electron chi connectivity index (χ1n) is 10.6. The second-order valence-electron chi connectivity index (χ2n) is 7.19. The molecule has 0 radical (unpaired) electrons. The van der Waals surface area contributed by atoms with Crippen molar-refractivity contribution in [2.24, 2.45) is 0 Å². The first-order valence-corrected chi connectivity index (χ1v) is 12.4. The number of ether oxygens (including phenoxy) is 2. The molecule has 0 saturated heterocycles. The Bertz CT molecular complexity index is 968. The van der Waals surface area contributed by atoms with Crippen LogP contribution in [0.1, 0.15) is 78.4 Å². The molecule has 1 N–H and O–H groups in total. The Kier molecular flexibility index (Phi) is 9.70. The van der Waals surface area contributed by atoms with E-state index in [0.29, 0.717) is 10.7 Å². The van der Waals surface area contributed by atoms with Crippen LogP contribution in [0.15, 0.2) is 5.16 Å². The quantitative estimate of drug-likeness (QED) is 0.373. The van der Waals surface area contributed by atoms with Crippen LogP contribution in [-0.4, -0.2) is 51.6 Å². The first kappa shape index (κ1) is 25.9. The van der Waals surface area contributed by atoms with Gasteiger partial charge in [0.2, 0.25) is 5.91 Å². The fraction of sp³-hybridized carbons (Fsp3) is 0.571. The number of thioether (sulfide) groups is 1. The standard InChI is InChI=1S/C21H30N4O5S2/c1-7-10-25-17(12(4)5)23-24-21(25)31-11-14(26)22-18-15(19(27)29-8-2)13(6)16(32-18)20(28)30-9-3/h12H,7-11H2,1-6H3,(H,22,26). The third-order valence-electron chi connectivity index (χ3n) is 4.38. The van der Waals surface area contributed by atoms with Crippen LogP contribution >= 0.6 is 23.1 Å². The Morgan fingerprint density at radius 2 is 1.75 bits per heavy atom. The predicted octanol–water partition coefficient (Wildman–Crippen LogP) is 4.27. The van der Waals surface area contributed by atoms with Gasteiger partial charge in [-0.25, -0.2) is 9.59 Å². The first-order chi connectivity index (χ1) is 15.2. The second kappa shape index (κ2) is 12.0. The minimum Gasteiger partial charge on any atom is -0.462 e. The van der Waals surface area contributed by atoms with E-state index in [1.807, 2.05) is 4.57 Å². The van der Waals surface area contributed by atoms with Crippen LogP contribution in [0, 0.1) is 6.92 Å². The Hall–Kier alpha value is -2.40. The molecule has 2 aromatic heterocycles. The van der Waals surface area contributed by atoms with Gasteiger partial charge in [0.1, 0.15) is 15.7 Å². The molecular weight excluding hydrogens is 452 g/mol. The lowest BCUT2D eigenvalue weighted by molar-refractivity contribution is -0.113. The highest BCUT2D eigenvalue weighted by atomic mass is 32.2. The predicted molar refractivity (Wildman–Crippen MR) is 125 cm³/mol. The molecule has 0 aliphatic carbocycles. The monoisotopic (exact) mass is 482 g/mol. The van der Waals surface area contributed by atoms with Crippen LogP contribution in [0.3, 0.4) is 0 Å². The third-order valence-corrected chi connectivity index (χ3v) is 6.54. The van der Waals surface area contributed by atoms with Gasteiger partial charge in [0.05, 0.1) is 24.5 Å². The van der Waals surface area contributed by atoms with E-state index in [2.05, 4.69) is 36.3 Å². The van der Waals surface area contributed by atoms with E-state index < -0.39 is 11.9 Å². The highest BCUT2D eigenvalue weighted by Gasteiger charge is 2.27. The second-order valence-corrected chi connectivity index (χ2v) is 9.15. The minimum atomic E-state index is -0.594. The van der Waals surface area contributed by atoms with E-state index >= 15 is 0 Å². The molecule has 2 heterocycles.